The van der Waals surface area contributed by atoms with Gasteiger partial charge in [-0.25, -0.2) is 0 Å². The van der Waals surface area contributed by atoms with Gasteiger partial charge in [-0.15, -0.1) is 0 Å². The summed E-state index contributed by atoms with van der Waals surface area (Å²) in [4.78, 5) is 24.1. The summed E-state index contributed by atoms with van der Waals surface area (Å²) in [5.74, 6) is -0.0454. The van der Waals surface area contributed by atoms with Crippen molar-refractivity contribution in [3.8, 4) is 0 Å². The van der Waals surface area contributed by atoms with Crippen LogP contribution in [0.25, 0.3) is 0 Å². The Balaban J connectivity index is 1.40. The molecule has 1 saturated heterocycles. The third-order valence-corrected chi connectivity index (χ3v) is 6.78. The average molecular weight is 497 g/mol. The number of rotatable bonds is 8. The fraction of sp³-hybridized carbons (Fsp3) is 0.214. The van der Waals surface area contributed by atoms with Gasteiger partial charge in [0.1, 0.15) is 0 Å². The topological polar surface area (TPSA) is 75.1 Å². The van der Waals surface area contributed by atoms with E-state index >= 15 is 0 Å². The van der Waals surface area contributed by atoms with E-state index in [1.807, 2.05) is 73.7 Å². The summed E-state index contributed by atoms with van der Waals surface area (Å²) in [6, 6.07) is 23.5. The van der Waals surface area contributed by atoms with Crippen molar-refractivity contribution in [1.29, 1.82) is 0 Å². The summed E-state index contributed by atoms with van der Waals surface area (Å²) in [5.41, 5.74) is 4.83. The normalized spacial score (nSPS) is 17.1. The molecule has 36 heavy (non-hydrogen) atoms. The van der Waals surface area contributed by atoms with E-state index in [0.29, 0.717) is 24.6 Å². The third kappa shape index (κ3) is 5.13. The monoisotopic (exact) mass is 496 g/mol. The molecule has 0 saturated carbocycles. The van der Waals surface area contributed by atoms with Crippen molar-refractivity contribution >= 4 is 28.9 Å². The Morgan fingerprint density at radius 1 is 1.00 bits per heavy atom. The highest BCUT2D eigenvalue weighted by Gasteiger charge is 2.41. The number of anilines is 1. The second-order valence-electron chi connectivity index (χ2n) is 8.82. The lowest BCUT2D eigenvalue weighted by Gasteiger charge is -2.28. The van der Waals surface area contributed by atoms with E-state index in [-0.39, 0.29) is 18.0 Å². The third-order valence-electron chi connectivity index (χ3n) is 6.42. The second kappa shape index (κ2) is 10.7. The van der Waals surface area contributed by atoms with Crippen LogP contribution in [0.5, 0.6) is 0 Å². The smallest absolute Gasteiger partial charge is 0.226 e. The predicted octanol–water partition coefficient (Wildman–Crippen LogP) is 4.64. The lowest BCUT2D eigenvalue weighted by molar-refractivity contribution is -0.116. The van der Waals surface area contributed by atoms with Gasteiger partial charge in [0.05, 0.1) is 30.0 Å². The van der Waals surface area contributed by atoms with E-state index in [4.69, 9.17) is 12.2 Å². The molecule has 4 heterocycles. The molecule has 3 aromatic heterocycles. The maximum atomic E-state index is 12.9. The van der Waals surface area contributed by atoms with E-state index in [2.05, 4.69) is 42.3 Å². The molecule has 1 aliphatic rings. The van der Waals surface area contributed by atoms with Gasteiger partial charge in [-0.05, 0) is 67.2 Å². The second-order valence-corrected chi connectivity index (χ2v) is 9.20. The molecule has 1 aromatic carbocycles. The first-order valence-corrected chi connectivity index (χ1v) is 12.4. The molecule has 4 aromatic rings. The average Bonchev–Trinajstić information content (AvgIpc) is 3.48. The van der Waals surface area contributed by atoms with Crippen LogP contribution in [0.3, 0.4) is 0 Å². The molecule has 2 atom stereocenters. The van der Waals surface area contributed by atoms with Crippen LogP contribution in [0.4, 0.5) is 5.69 Å². The van der Waals surface area contributed by atoms with Gasteiger partial charge < -0.3 is 20.1 Å². The predicted molar refractivity (Wildman–Crippen MR) is 144 cm³/mol. The van der Waals surface area contributed by atoms with Gasteiger partial charge in [-0.1, -0.05) is 30.3 Å². The standard InChI is InChI=1S/C28H28N6OS/c1-20-9-2-3-11-22(20)31-25(35)14-18-34-27(26(32-28(34)36)23-12-5-7-16-30-23)24-13-8-17-33(24)19-21-10-4-6-15-29-21/h2-13,15-17,26-27H,14,18-19H2,1H3,(H,31,35)(H,32,36)/t26-,27+/m0/s1. The molecule has 7 nitrogen and oxygen atoms in total. The van der Waals surface area contributed by atoms with Crippen LogP contribution >= 0.6 is 12.2 Å². The molecule has 8 heteroatoms. The summed E-state index contributed by atoms with van der Waals surface area (Å²) in [6.45, 7) is 3.10. The Labute approximate surface area is 216 Å². The number of benzene rings is 1. The number of hydrogen-bond acceptors (Lipinski definition) is 4. The van der Waals surface area contributed by atoms with Gasteiger partial charge >= 0.3 is 0 Å². The van der Waals surface area contributed by atoms with Crippen molar-refractivity contribution in [2.24, 2.45) is 0 Å². The van der Waals surface area contributed by atoms with Crippen molar-refractivity contribution < 1.29 is 4.79 Å². The first-order chi connectivity index (χ1) is 17.6. The van der Waals surface area contributed by atoms with Crippen LogP contribution in [0.2, 0.25) is 0 Å². The number of para-hydroxylation sites is 1. The van der Waals surface area contributed by atoms with Crippen LogP contribution in [-0.2, 0) is 11.3 Å². The minimum Gasteiger partial charge on any atom is -0.352 e. The summed E-state index contributed by atoms with van der Waals surface area (Å²) in [6.07, 6.45) is 5.97. The number of nitrogens with one attached hydrogen (secondary N) is 2. The van der Waals surface area contributed by atoms with Crippen molar-refractivity contribution in [1.82, 2.24) is 24.8 Å². The highest BCUT2D eigenvalue weighted by Crippen LogP contribution is 2.39. The molecule has 0 spiro atoms. The number of amides is 1. The highest BCUT2D eigenvalue weighted by atomic mass is 32.1. The van der Waals surface area contributed by atoms with Crippen LogP contribution in [0.15, 0.2) is 91.4 Å². The van der Waals surface area contributed by atoms with Crippen molar-refractivity contribution in [3.05, 3.63) is 114 Å². The molecule has 0 unspecified atom stereocenters. The van der Waals surface area contributed by atoms with Gasteiger partial charge in [0, 0.05) is 42.9 Å². The first kappa shape index (κ1) is 23.7. The lowest BCUT2D eigenvalue weighted by Crippen LogP contribution is -2.33. The zero-order chi connectivity index (χ0) is 24.9. The number of carbonyl (C=O) groups excluding carboxylic acids is 1. The molecule has 182 valence electrons. The number of thiocarbonyl (C=S) groups is 1. The van der Waals surface area contributed by atoms with Gasteiger partial charge in [-0.2, -0.15) is 0 Å². The van der Waals surface area contributed by atoms with E-state index in [9.17, 15) is 4.79 Å². The molecule has 1 amide bonds. The summed E-state index contributed by atoms with van der Waals surface area (Å²) in [7, 11) is 0. The van der Waals surface area contributed by atoms with Crippen LogP contribution in [-0.4, -0.2) is 37.0 Å². The zero-order valence-corrected chi connectivity index (χ0v) is 20.9. The summed E-state index contributed by atoms with van der Waals surface area (Å²) >= 11 is 5.78. The van der Waals surface area contributed by atoms with Crippen molar-refractivity contribution in [2.45, 2.75) is 32.0 Å². The lowest BCUT2D eigenvalue weighted by atomic mass is 10.0. The Morgan fingerprint density at radius 3 is 2.53 bits per heavy atom. The van der Waals surface area contributed by atoms with Crippen molar-refractivity contribution in [3.63, 3.8) is 0 Å². The molecule has 1 fully saturated rings. The molecule has 5 rings (SSSR count). The number of carbonyl (C=O) groups is 1. The zero-order valence-electron chi connectivity index (χ0n) is 20.0. The molecule has 0 aliphatic carbocycles. The summed E-state index contributed by atoms with van der Waals surface area (Å²) in [5, 5.41) is 7.11. The largest absolute Gasteiger partial charge is 0.352 e. The minimum atomic E-state index is -0.143. The van der Waals surface area contributed by atoms with E-state index in [1.54, 1.807) is 12.4 Å². The molecular formula is C28H28N6OS. The Bertz CT molecular complexity index is 1340. The van der Waals surface area contributed by atoms with Crippen molar-refractivity contribution in [2.75, 3.05) is 11.9 Å². The fourth-order valence-corrected chi connectivity index (χ4v) is 4.95. The Kier molecular flexibility index (Phi) is 7.04. The maximum Gasteiger partial charge on any atom is 0.226 e. The van der Waals surface area contributed by atoms with Gasteiger partial charge in [0.15, 0.2) is 5.11 Å². The fourth-order valence-electron chi connectivity index (χ4n) is 4.62. The maximum absolute atomic E-state index is 12.9. The summed E-state index contributed by atoms with van der Waals surface area (Å²) < 4.78 is 2.19. The van der Waals surface area contributed by atoms with Gasteiger partial charge in [0.2, 0.25) is 5.91 Å². The van der Waals surface area contributed by atoms with Crippen LogP contribution in [0.1, 0.15) is 41.1 Å². The first-order valence-electron chi connectivity index (χ1n) is 12.0. The molecule has 0 radical (unpaired) electrons. The Hall–Kier alpha value is -4.04. The highest BCUT2D eigenvalue weighted by molar-refractivity contribution is 7.80. The Morgan fingerprint density at radius 2 is 1.78 bits per heavy atom. The van der Waals surface area contributed by atoms with Crippen LogP contribution < -0.4 is 10.6 Å². The quantitative estimate of drug-likeness (QED) is 0.346. The SMILES string of the molecule is Cc1ccccc1NC(=O)CCN1C(=S)N[C@@H](c2ccccn2)[C@H]1c1cccn1Cc1ccccn1. The molecule has 1 aliphatic heterocycles. The molecule has 2 N–H and O–H groups in total. The van der Waals surface area contributed by atoms with E-state index in [0.717, 1.165) is 28.3 Å². The number of nitrogens with zero attached hydrogens (tertiary/aromatic N) is 4. The van der Waals surface area contributed by atoms with Gasteiger partial charge in [0.25, 0.3) is 0 Å². The van der Waals surface area contributed by atoms with Crippen LogP contribution in [0, 0.1) is 6.92 Å². The number of aryl methyl sites for hydroxylation is 1. The number of pyridine rings is 2. The van der Waals surface area contributed by atoms with E-state index in [1.165, 1.54) is 0 Å². The number of hydrogen-bond donors (Lipinski definition) is 2. The number of aromatic nitrogens is 3. The molecule has 0 bridgehead atoms. The molecular weight excluding hydrogens is 468 g/mol. The van der Waals surface area contributed by atoms with Gasteiger partial charge in [-0.3, -0.25) is 14.8 Å². The van der Waals surface area contributed by atoms with E-state index < -0.39 is 0 Å². The minimum absolute atomic E-state index is 0.0454.